The lowest BCUT2D eigenvalue weighted by Crippen LogP contribution is -2.43. The van der Waals surface area contributed by atoms with Gasteiger partial charge in [0.25, 0.3) is 5.91 Å². The van der Waals surface area contributed by atoms with Gasteiger partial charge in [-0.15, -0.1) is 0 Å². The van der Waals surface area contributed by atoms with Crippen molar-refractivity contribution in [3.63, 3.8) is 0 Å². The first kappa shape index (κ1) is 26.0. The number of nitrogens with zero attached hydrogens (tertiary/aromatic N) is 5. The molecular formula is C25H24ClFN6O4S2. The molecule has 0 bridgehead atoms. The molecular weight excluding hydrogens is 567 g/mol. The molecule has 1 unspecified atom stereocenters. The van der Waals surface area contributed by atoms with Gasteiger partial charge in [0.2, 0.25) is 15.0 Å². The maximum atomic E-state index is 15.3. The second kappa shape index (κ2) is 9.72. The quantitative estimate of drug-likeness (QED) is 0.344. The molecule has 2 aliphatic rings. The van der Waals surface area contributed by atoms with Crippen molar-refractivity contribution < 1.29 is 22.3 Å². The smallest absolute Gasteiger partial charge is 0.261 e. The van der Waals surface area contributed by atoms with E-state index in [0.717, 1.165) is 29.8 Å². The molecule has 0 spiro atoms. The van der Waals surface area contributed by atoms with Gasteiger partial charge in [0.15, 0.2) is 6.61 Å². The van der Waals surface area contributed by atoms with E-state index in [4.69, 9.17) is 21.3 Å². The third kappa shape index (κ3) is 5.18. The van der Waals surface area contributed by atoms with Crippen molar-refractivity contribution in [3.05, 3.63) is 68.8 Å². The average molecular weight is 591 g/mol. The number of aryl methyl sites for hydroxylation is 1. The van der Waals surface area contributed by atoms with Crippen LogP contribution in [0.15, 0.2) is 30.3 Å². The molecule has 1 aromatic carbocycles. The van der Waals surface area contributed by atoms with Gasteiger partial charge < -0.3 is 9.64 Å². The van der Waals surface area contributed by atoms with E-state index in [-0.39, 0.29) is 34.8 Å². The Morgan fingerprint density at radius 1 is 1.26 bits per heavy atom. The van der Waals surface area contributed by atoms with Crippen LogP contribution in [0.25, 0.3) is 4.96 Å². The zero-order valence-corrected chi connectivity index (χ0v) is 23.4. The second-order valence-corrected chi connectivity index (χ2v) is 13.0. The Kier molecular flexibility index (Phi) is 6.47. The highest BCUT2D eigenvalue weighted by molar-refractivity contribution is 7.92. The Balaban J connectivity index is 1.31. The summed E-state index contributed by atoms with van der Waals surface area (Å²) in [5.74, 6) is -0.128. The van der Waals surface area contributed by atoms with E-state index in [0.29, 0.717) is 35.1 Å². The number of fused-ring (bicyclic) bond motifs is 3. The molecule has 3 aromatic heterocycles. The molecule has 204 valence electrons. The summed E-state index contributed by atoms with van der Waals surface area (Å²) in [6.45, 7) is 1.88. The number of hydrogen-bond acceptors (Lipinski definition) is 8. The van der Waals surface area contributed by atoms with E-state index in [1.807, 2.05) is 6.92 Å². The van der Waals surface area contributed by atoms with Crippen molar-refractivity contribution in [1.29, 1.82) is 0 Å². The molecule has 0 saturated heterocycles. The van der Waals surface area contributed by atoms with Crippen LogP contribution in [0.5, 0.6) is 5.75 Å². The molecule has 1 saturated carbocycles. The highest BCUT2D eigenvalue weighted by Crippen LogP contribution is 2.44. The topological polar surface area (TPSA) is 119 Å². The molecule has 4 heterocycles. The molecule has 1 aliphatic carbocycles. The average Bonchev–Trinajstić information content (AvgIpc) is 3.56. The summed E-state index contributed by atoms with van der Waals surface area (Å²) in [6.07, 6.45) is 3.34. The zero-order valence-electron chi connectivity index (χ0n) is 21.0. The fraction of sp³-hybridized carbons (Fsp3) is 0.360. The number of anilines is 1. The van der Waals surface area contributed by atoms with Crippen LogP contribution < -0.4 is 9.46 Å². The predicted octanol–water partition coefficient (Wildman–Crippen LogP) is 4.09. The number of rotatable bonds is 7. The first-order valence-electron chi connectivity index (χ1n) is 12.3. The first-order chi connectivity index (χ1) is 18.6. The Bertz CT molecular complexity index is 1720. The molecule has 1 N–H and O–H groups in total. The summed E-state index contributed by atoms with van der Waals surface area (Å²) in [5, 5.41) is 5.62. The number of amides is 1. The zero-order chi connectivity index (χ0) is 27.5. The molecule has 1 atom stereocenters. The predicted molar refractivity (Wildman–Crippen MR) is 144 cm³/mol. The second-order valence-electron chi connectivity index (χ2n) is 9.68. The number of carbonyl (C=O) groups is 1. The van der Waals surface area contributed by atoms with Gasteiger partial charge in [-0.2, -0.15) is 5.10 Å². The van der Waals surface area contributed by atoms with E-state index in [9.17, 15) is 13.2 Å². The Morgan fingerprint density at radius 2 is 2.05 bits per heavy atom. The molecule has 6 rings (SSSR count). The number of carbonyl (C=O) groups excluding carboxylic acids is 1. The SMILES string of the molecule is Cc1nn2c3c(nc2s1)CCN(C(=O)COc1ccc(NS(C)(=O)=O)nc1C1CC1)C3c1ccc(Cl)cc1F. The van der Waals surface area contributed by atoms with Crippen LogP contribution in [0.2, 0.25) is 5.02 Å². The van der Waals surface area contributed by atoms with E-state index in [2.05, 4.69) is 14.8 Å². The third-order valence-corrected chi connectivity index (χ3v) is 8.28. The number of halogens is 2. The van der Waals surface area contributed by atoms with Crippen LogP contribution >= 0.6 is 22.9 Å². The first-order valence-corrected chi connectivity index (χ1v) is 15.4. The van der Waals surface area contributed by atoms with E-state index in [1.54, 1.807) is 27.6 Å². The minimum absolute atomic E-state index is 0.137. The van der Waals surface area contributed by atoms with Crippen LogP contribution in [0, 0.1) is 12.7 Å². The van der Waals surface area contributed by atoms with Crippen molar-refractivity contribution in [3.8, 4) is 5.75 Å². The van der Waals surface area contributed by atoms with Gasteiger partial charge in [0, 0.05) is 29.5 Å². The Hall–Kier alpha value is -3.29. The number of imidazole rings is 1. The number of hydrogen-bond donors (Lipinski definition) is 1. The van der Waals surface area contributed by atoms with Crippen molar-refractivity contribution in [2.75, 3.05) is 24.1 Å². The van der Waals surface area contributed by atoms with Crippen LogP contribution in [-0.4, -0.2) is 58.2 Å². The van der Waals surface area contributed by atoms with Crippen molar-refractivity contribution in [2.45, 2.75) is 38.1 Å². The van der Waals surface area contributed by atoms with Gasteiger partial charge in [-0.1, -0.05) is 29.0 Å². The highest BCUT2D eigenvalue weighted by Gasteiger charge is 2.38. The lowest BCUT2D eigenvalue weighted by atomic mass is 9.95. The molecule has 39 heavy (non-hydrogen) atoms. The van der Waals surface area contributed by atoms with Crippen LogP contribution in [0.3, 0.4) is 0 Å². The molecule has 14 heteroatoms. The van der Waals surface area contributed by atoms with Gasteiger partial charge in [0.05, 0.1) is 23.3 Å². The minimum Gasteiger partial charge on any atom is -0.482 e. The van der Waals surface area contributed by atoms with Gasteiger partial charge in [0.1, 0.15) is 28.4 Å². The van der Waals surface area contributed by atoms with Crippen LogP contribution in [0.1, 0.15) is 52.5 Å². The van der Waals surface area contributed by atoms with Crippen molar-refractivity contribution in [2.24, 2.45) is 0 Å². The lowest BCUT2D eigenvalue weighted by molar-refractivity contribution is -0.135. The number of ether oxygens (including phenoxy) is 1. The van der Waals surface area contributed by atoms with E-state index >= 15 is 4.39 Å². The molecule has 1 fully saturated rings. The van der Waals surface area contributed by atoms with Crippen molar-refractivity contribution >= 4 is 49.6 Å². The molecule has 1 aliphatic heterocycles. The molecule has 10 nitrogen and oxygen atoms in total. The van der Waals surface area contributed by atoms with Gasteiger partial charge in [-0.05, 0) is 44.0 Å². The summed E-state index contributed by atoms with van der Waals surface area (Å²) < 4.78 is 48.6. The molecule has 4 aromatic rings. The van der Waals surface area contributed by atoms with E-state index in [1.165, 1.54) is 23.5 Å². The lowest BCUT2D eigenvalue weighted by Gasteiger charge is -2.35. The van der Waals surface area contributed by atoms with Crippen LogP contribution in [0.4, 0.5) is 10.2 Å². The number of pyridine rings is 1. The summed E-state index contributed by atoms with van der Waals surface area (Å²) in [4.78, 5) is 25.1. The standard InChI is InChI=1S/C25H24ClFN6O4S2/c1-13-30-33-24-18(28-25(33)38-13)9-10-32(23(24)16-6-5-15(26)11-17(16)27)21(34)12-37-19-7-8-20(31-39(2,35)36)29-22(19)14-3-4-14/h5-8,11,14,23H,3-4,9-10,12H2,1-2H3,(H,29,31). The van der Waals surface area contributed by atoms with Crippen LogP contribution in [-0.2, 0) is 21.2 Å². The van der Waals surface area contributed by atoms with E-state index < -0.39 is 21.9 Å². The summed E-state index contributed by atoms with van der Waals surface area (Å²) in [5.41, 5.74) is 2.31. The molecule has 1 amide bonds. The summed E-state index contributed by atoms with van der Waals surface area (Å²) >= 11 is 7.46. The maximum absolute atomic E-state index is 15.3. The maximum Gasteiger partial charge on any atom is 0.261 e. The van der Waals surface area contributed by atoms with Crippen molar-refractivity contribution in [1.82, 2.24) is 24.5 Å². The highest BCUT2D eigenvalue weighted by atomic mass is 35.5. The number of sulfonamides is 1. The number of benzene rings is 1. The fourth-order valence-corrected chi connectivity index (χ4v) is 6.29. The van der Waals surface area contributed by atoms with Gasteiger partial charge in [-0.3, -0.25) is 9.52 Å². The Morgan fingerprint density at radius 3 is 2.77 bits per heavy atom. The third-order valence-electron chi connectivity index (χ3n) is 6.64. The fourth-order valence-electron chi connectivity index (χ4n) is 4.87. The molecule has 0 radical (unpaired) electrons. The van der Waals surface area contributed by atoms with Gasteiger partial charge >= 0.3 is 0 Å². The number of nitrogens with one attached hydrogen (secondary N) is 1. The summed E-state index contributed by atoms with van der Waals surface area (Å²) in [6, 6.07) is 6.75. The van der Waals surface area contributed by atoms with Gasteiger partial charge in [-0.25, -0.2) is 27.3 Å². The normalized spacial score (nSPS) is 17.3. The largest absolute Gasteiger partial charge is 0.482 e. The summed E-state index contributed by atoms with van der Waals surface area (Å²) in [7, 11) is -3.49. The monoisotopic (exact) mass is 590 g/mol. The number of aromatic nitrogens is 4. The Labute approximate surface area is 232 Å². The minimum atomic E-state index is -3.49.